The number of halogens is 1. The van der Waals surface area contributed by atoms with E-state index < -0.39 is 5.82 Å². The first-order chi connectivity index (χ1) is 8.67. The van der Waals surface area contributed by atoms with E-state index in [0.717, 1.165) is 12.8 Å². The molecule has 0 fully saturated rings. The highest BCUT2D eigenvalue weighted by Gasteiger charge is 2.04. The molecule has 0 radical (unpaired) electrons. The zero-order chi connectivity index (χ0) is 13.4. The topological polar surface area (TPSA) is 64.9 Å². The maximum atomic E-state index is 13.0. The normalized spacial score (nSPS) is 9.61. The Balaban J connectivity index is 2.44. The Morgan fingerprint density at radius 1 is 1.50 bits per heavy atom. The smallest absolute Gasteiger partial charge is 0.239 e. The number of hydrogen-bond donors (Lipinski definition) is 2. The number of nitrogens with one attached hydrogen (secondary N) is 2. The predicted octanol–water partition coefficient (Wildman–Crippen LogP) is 2.03. The van der Waals surface area contributed by atoms with Crippen molar-refractivity contribution in [2.24, 2.45) is 0 Å². The summed E-state index contributed by atoms with van der Waals surface area (Å²) in [5.41, 5.74) is 0.519. The fraction of sp³-hybridized carbons (Fsp3) is 0.385. The van der Waals surface area contributed by atoms with Crippen LogP contribution in [0.15, 0.2) is 18.2 Å². The van der Waals surface area contributed by atoms with Crippen LogP contribution in [0, 0.1) is 17.1 Å². The van der Waals surface area contributed by atoms with Gasteiger partial charge in [-0.1, -0.05) is 13.3 Å². The molecule has 0 bridgehead atoms. The number of carbonyl (C=O) groups excluding carboxylic acids is 1. The van der Waals surface area contributed by atoms with Gasteiger partial charge in [0.05, 0.1) is 12.1 Å². The van der Waals surface area contributed by atoms with Crippen molar-refractivity contribution < 1.29 is 9.18 Å². The summed E-state index contributed by atoms with van der Waals surface area (Å²) in [5, 5.41) is 14.3. The van der Waals surface area contributed by atoms with Gasteiger partial charge in [0.25, 0.3) is 0 Å². The van der Waals surface area contributed by atoms with Crippen molar-refractivity contribution in [1.82, 2.24) is 5.32 Å². The van der Waals surface area contributed by atoms with Crippen molar-refractivity contribution in [3.63, 3.8) is 0 Å². The van der Waals surface area contributed by atoms with Crippen molar-refractivity contribution in [3.05, 3.63) is 29.6 Å². The number of nitriles is 1. The first-order valence-electron chi connectivity index (χ1n) is 5.87. The Hall–Kier alpha value is -2.09. The molecule has 0 saturated heterocycles. The number of anilines is 1. The molecule has 0 atom stereocenters. The fourth-order valence-electron chi connectivity index (χ4n) is 1.37. The molecule has 1 rings (SSSR count). The van der Waals surface area contributed by atoms with Crippen LogP contribution in [-0.4, -0.2) is 19.0 Å². The average molecular weight is 249 g/mol. The van der Waals surface area contributed by atoms with Crippen LogP contribution in [-0.2, 0) is 4.79 Å². The van der Waals surface area contributed by atoms with Gasteiger partial charge in [-0.3, -0.25) is 4.79 Å². The van der Waals surface area contributed by atoms with Gasteiger partial charge in [0, 0.05) is 12.2 Å². The highest BCUT2D eigenvalue weighted by atomic mass is 19.1. The predicted molar refractivity (Wildman–Crippen MR) is 67.5 cm³/mol. The van der Waals surface area contributed by atoms with Crippen molar-refractivity contribution in [1.29, 1.82) is 5.26 Å². The van der Waals surface area contributed by atoms with E-state index in [1.165, 1.54) is 18.2 Å². The molecular weight excluding hydrogens is 233 g/mol. The number of carbonyl (C=O) groups is 1. The van der Waals surface area contributed by atoms with Crippen LogP contribution in [0.4, 0.5) is 10.1 Å². The van der Waals surface area contributed by atoms with Crippen molar-refractivity contribution in [3.8, 4) is 6.07 Å². The summed E-state index contributed by atoms with van der Waals surface area (Å²) in [6.45, 7) is 2.82. The van der Waals surface area contributed by atoms with Crippen molar-refractivity contribution in [2.45, 2.75) is 19.8 Å². The van der Waals surface area contributed by atoms with E-state index in [4.69, 9.17) is 5.26 Å². The lowest BCUT2D eigenvalue weighted by atomic mass is 10.2. The molecule has 0 heterocycles. The molecule has 0 spiro atoms. The standard InChI is InChI=1S/C13H16FN3O/c1-2-3-6-16-13(18)9-17-11-4-5-12(14)10(7-11)8-15/h4-5,7,17H,2-3,6,9H2,1H3,(H,16,18). The van der Waals surface area contributed by atoms with E-state index in [2.05, 4.69) is 10.6 Å². The summed E-state index contributed by atoms with van der Waals surface area (Å²) in [6.07, 6.45) is 1.97. The third kappa shape index (κ3) is 4.42. The van der Waals surface area contributed by atoms with Crippen molar-refractivity contribution >= 4 is 11.6 Å². The summed E-state index contributed by atoms with van der Waals surface area (Å²) >= 11 is 0. The van der Waals surface area contributed by atoms with Crippen LogP contribution < -0.4 is 10.6 Å². The quantitative estimate of drug-likeness (QED) is 0.758. The number of nitrogens with zero attached hydrogens (tertiary/aromatic N) is 1. The van der Waals surface area contributed by atoms with Gasteiger partial charge >= 0.3 is 0 Å². The van der Waals surface area contributed by atoms with Crippen LogP contribution in [0.5, 0.6) is 0 Å². The average Bonchev–Trinajstić information content (AvgIpc) is 2.38. The molecule has 4 nitrogen and oxygen atoms in total. The number of amides is 1. The van der Waals surface area contributed by atoms with E-state index in [1.807, 2.05) is 6.92 Å². The second kappa shape index (κ2) is 7.28. The lowest BCUT2D eigenvalue weighted by Crippen LogP contribution is -2.30. The van der Waals surface area contributed by atoms with Gasteiger partial charge in [-0.2, -0.15) is 5.26 Å². The maximum absolute atomic E-state index is 13.0. The molecule has 0 aliphatic rings. The largest absolute Gasteiger partial charge is 0.376 e. The van der Waals surface area contributed by atoms with Crippen LogP contribution in [0.1, 0.15) is 25.3 Å². The summed E-state index contributed by atoms with van der Waals surface area (Å²) in [4.78, 5) is 11.4. The minimum Gasteiger partial charge on any atom is -0.376 e. The van der Waals surface area contributed by atoms with E-state index in [0.29, 0.717) is 12.2 Å². The monoisotopic (exact) mass is 249 g/mol. The van der Waals surface area contributed by atoms with E-state index >= 15 is 0 Å². The zero-order valence-electron chi connectivity index (χ0n) is 10.3. The van der Waals surface area contributed by atoms with E-state index in [-0.39, 0.29) is 18.0 Å². The highest BCUT2D eigenvalue weighted by molar-refractivity contribution is 5.80. The van der Waals surface area contributed by atoms with E-state index in [1.54, 1.807) is 6.07 Å². The molecule has 18 heavy (non-hydrogen) atoms. The molecule has 2 N–H and O–H groups in total. The first kappa shape index (κ1) is 14.0. The Kier molecular flexibility index (Phi) is 5.65. The molecule has 0 unspecified atom stereocenters. The molecule has 5 heteroatoms. The lowest BCUT2D eigenvalue weighted by molar-refractivity contribution is -0.119. The molecule has 1 aromatic carbocycles. The minimum atomic E-state index is -0.560. The molecular formula is C13H16FN3O. The number of rotatable bonds is 6. The lowest BCUT2D eigenvalue weighted by Gasteiger charge is -2.07. The van der Waals surface area contributed by atoms with Gasteiger partial charge in [-0.25, -0.2) is 4.39 Å². The Bertz CT molecular complexity index is 454. The van der Waals surface area contributed by atoms with Crippen LogP contribution >= 0.6 is 0 Å². The third-order valence-corrected chi connectivity index (χ3v) is 2.39. The highest BCUT2D eigenvalue weighted by Crippen LogP contribution is 2.13. The first-order valence-corrected chi connectivity index (χ1v) is 5.87. The maximum Gasteiger partial charge on any atom is 0.239 e. The number of unbranched alkanes of at least 4 members (excludes halogenated alkanes) is 1. The second-order valence-corrected chi connectivity index (χ2v) is 3.86. The van der Waals surface area contributed by atoms with Gasteiger partial charge in [0.15, 0.2) is 0 Å². The van der Waals surface area contributed by atoms with E-state index in [9.17, 15) is 9.18 Å². The molecule has 0 aliphatic carbocycles. The van der Waals surface area contributed by atoms with Gasteiger partial charge in [0.2, 0.25) is 5.91 Å². The van der Waals surface area contributed by atoms with Gasteiger partial charge < -0.3 is 10.6 Å². The molecule has 0 aromatic heterocycles. The Labute approximate surface area is 106 Å². The fourth-order valence-corrected chi connectivity index (χ4v) is 1.37. The van der Waals surface area contributed by atoms with Gasteiger partial charge in [0.1, 0.15) is 11.9 Å². The van der Waals surface area contributed by atoms with Crippen LogP contribution in [0.2, 0.25) is 0 Å². The summed E-state index contributed by atoms with van der Waals surface area (Å²) in [7, 11) is 0. The van der Waals surface area contributed by atoms with Crippen LogP contribution in [0.3, 0.4) is 0 Å². The summed E-state index contributed by atoms with van der Waals surface area (Å²) in [5.74, 6) is -0.679. The summed E-state index contributed by atoms with van der Waals surface area (Å²) in [6, 6.07) is 5.83. The molecule has 1 amide bonds. The van der Waals surface area contributed by atoms with Gasteiger partial charge in [-0.15, -0.1) is 0 Å². The van der Waals surface area contributed by atoms with Crippen molar-refractivity contribution in [2.75, 3.05) is 18.4 Å². The molecule has 0 saturated carbocycles. The minimum absolute atomic E-state index is 0.0357. The summed E-state index contributed by atoms with van der Waals surface area (Å²) < 4.78 is 13.0. The molecule has 96 valence electrons. The SMILES string of the molecule is CCCCNC(=O)CNc1ccc(F)c(C#N)c1. The van der Waals surface area contributed by atoms with Gasteiger partial charge in [-0.05, 0) is 24.6 Å². The Morgan fingerprint density at radius 3 is 2.94 bits per heavy atom. The molecule has 1 aromatic rings. The third-order valence-electron chi connectivity index (χ3n) is 2.39. The van der Waals surface area contributed by atoms with Crippen LogP contribution in [0.25, 0.3) is 0 Å². The molecule has 0 aliphatic heterocycles. The second-order valence-electron chi connectivity index (χ2n) is 3.86. The number of benzene rings is 1. The number of hydrogen-bond acceptors (Lipinski definition) is 3. The zero-order valence-corrected chi connectivity index (χ0v) is 10.3. The Morgan fingerprint density at radius 2 is 2.28 bits per heavy atom.